The van der Waals surface area contributed by atoms with Crippen LogP contribution in [0.5, 0.6) is 5.06 Å². The van der Waals surface area contributed by atoms with Gasteiger partial charge in [-0.15, -0.1) is 0 Å². The first-order chi connectivity index (χ1) is 16.9. The molecule has 35 heavy (non-hydrogen) atoms. The van der Waals surface area contributed by atoms with E-state index in [9.17, 15) is 9.59 Å². The lowest BCUT2D eigenvalue weighted by Crippen LogP contribution is -2.58. The summed E-state index contributed by atoms with van der Waals surface area (Å²) in [4.78, 5) is 31.4. The monoisotopic (exact) mass is 581 g/mol. The molecular weight excluding hydrogens is 562 g/mol. The Bertz CT molecular complexity index is 1180. The molecule has 0 bridgehead atoms. The van der Waals surface area contributed by atoms with Crippen molar-refractivity contribution >= 4 is 68.1 Å². The molecule has 2 amide bonds. The molecule has 2 aliphatic rings. The minimum atomic E-state index is -1.29. The summed E-state index contributed by atoms with van der Waals surface area (Å²) in [5, 5.41) is 15.3. The van der Waals surface area contributed by atoms with Gasteiger partial charge < -0.3 is 29.7 Å². The van der Waals surface area contributed by atoms with Gasteiger partial charge >= 0.3 is 6.09 Å². The summed E-state index contributed by atoms with van der Waals surface area (Å²) < 4.78 is 17.0. The average molecular weight is 583 g/mol. The number of amides is 2. The van der Waals surface area contributed by atoms with Crippen LogP contribution in [-0.4, -0.2) is 56.3 Å². The van der Waals surface area contributed by atoms with Gasteiger partial charge in [-0.1, -0.05) is 22.9 Å². The molecule has 0 radical (unpaired) electrons. The summed E-state index contributed by atoms with van der Waals surface area (Å²) in [7, 11) is 0. The van der Waals surface area contributed by atoms with Gasteiger partial charge in [0.15, 0.2) is 5.06 Å². The van der Waals surface area contributed by atoms with Crippen LogP contribution < -0.4 is 20.3 Å². The number of amidine groups is 1. The fourth-order valence-corrected chi connectivity index (χ4v) is 5.21. The molecule has 2 fully saturated rings. The van der Waals surface area contributed by atoms with E-state index in [0.29, 0.717) is 60.1 Å². The van der Waals surface area contributed by atoms with Crippen LogP contribution in [0.4, 0.5) is 16.2 Å². The molecule has 10 nitrogen and oxygen atoms in total. The molecule has 2 aromatic rings. The van der Waals surface area contributed by atoms with Crippen LogP contribution in [0, 0.1) is 11.5 Å². The third-order valence-electron chi connectivity index (χ3n) is 5.46. The number of hydrogen-bond donors (Lipinski definition) is 2. The zero-order valence-electron chi connectivity index (χ0n) is 18.4. The van der Waals surface area contributed by atoms with Crippen LogP contribution in [0.1, 0.15) is 12.8 Å². The first-order valence-corrected chi connectivity index (χ1v) is 12.6. The van der Waals surface area contributed by atoms with Crippen LogP contribution in [0.2, 0.25) is 5.02 Å². The molecule has 13 heteroatoms. The maximum absolute atomic E-state index is 13.2. The first kappa shape index (κ1) is 25.4. The van der Waals surface area contributed by atoms with E-state index in [4.69, 9.17) is 31.1 Å². The van der Waals surface area contributed by atoms with Gasteiger partial charge in [0.1, 0.15) is 11.4 Å². The number of aliphatic imine (C=N–C) groups is 1. The minimum Gasteiger partial charge on any atom is -0.399 e. The normalized spacial score (nSPS) is 21.3. The SMILES string of the molecule is N#CN=C1CCOCCN1c1ccc(NC(=O)C2(NC(=O)Oc3ccc(Br)s3)CCOC2)cc1Cl. The van der Waals surface area contributed by atoms with Crippen LogP contribution in [0.25, 0.3) is 0 Å². The summed E-state index contributed by atoms with van der Waals surface area (Å²) in [5.74, 6) is 0.115. The summed E-state index contributed by atoms with van der Waals surface area (Å²) >= 11 is 11.1. The van der Waals surface area contributed by atoms with Crippen LogP contribution in [0.3, 0.4) is 0 Å². The summed E-state index contributed by atoms with van der Waals surface area (Å²) in [6, 6.07) is 8.45. The quantitative estimate of drug-likeness (QED) is 0.507. The zero-order valence-corrected chi connectivity index (χ0v) is 21.5. The van der Waals surface area contributed by atoms with Crippen LogP contribution >= 0.6 is 38.9 Å². The number of carbonyl (C=O) groups is 2. The van der Waals surface area contributed by atoms with Crippen molar-refractivity contribution in [1.82, 2.24) is 5.32 Å². The summed E-state index contributed by atoms with van der Waals surface area (Å²) in [6.07, 6.45) is 1.84. The predicted octanol–water partition coefficient (Wildman–Crippen LogP) is 4.16. The lowest BCUT2D eigenvalue weighted by Gasteiger charge is -2.27. The van der Waals surface area contributed by atoms with Crippen molar-refractivity contribution in [2.45, 2.75) is 18.4 Å². The highest BCUT2D eigenvalue weighted by Gasteiger charge is 2.44. The molecule has 2 aliphatic heterocycles. The number of halogens is 2. The van der Waals surface area contributed by atoms with Gasteiger partial charge in [0.2, 0.25) is 6.19 Å². The smallest absolute Gasteiger partial charge is 0.399 e. The van der Waals surface area contributed by atoms with Crippen molar-refractivity contribution < 1.29 is 23.8 Å². The lowest BCUT2D eigenvalue weighted by atomic mass is 9.97. The molecule has 1 atom stereocenters. The molecule has 1 aromatic carbocycles. The number of nitriles is 1. The predicted molar refractivity (Wildman–Crippen MR) is 135 cm³/mol. The third-order valence-corrected chi connectivity index (χ3v) is 7.26. The number of thiophene rings is 1. The second-order valence-corrected chi connectivity index (χ2v) is 10.6. The Balaban J connectivity index is 1.48. The van der Waals surface area contributed by atoms with Gasteiger partial charge in [0, 0.05) is 31.7 Å². The molecule has 0 aliphatic carbocycles. The number of benzene rings is 1. The molecule has 2 saturated heterocycles. The third kappa shape index (κ3) is 6.12. The standard InChI is InChI=1S/C22H21BrClN5O5S/c23-17-3-4-19(35-17)34-21(31)28-22(6-9-33-12-22)20(30)27-14-1-2-16(15(24)11-14)29-7-10-32-8-5-18(29)26-13-25/h1-4,11H,5-10,12H2,(H,27,30)(H,28,31). The maximum Gasteiger partial charge on any atom is 0.414 e. The minimum absolute atomic E-state index is 0.00957. The van der Waals surface area contributed by atoms with E-state index < -0.39 is 17.5 Å². The molecule has 1 aromatic heterocycles. The van der Waals surface area contributed by atoms with Gasteiger partial charge in [0.05, 0.1) is 34.3 Å². The number of nitrogens with one attached hydrogen (secondary N) is 2. The highest BCUT2D eigenvalue weighted by atomic mass is 79.9. The van der Waals surface area contributed by atoms with Gasteiger partial charge in [-0.3, -0.25) is 4.79 Å². The van der Waals surface area contributed by atoms with E-state index >= 15 is 0 Å². The van der Waals surface area contributed by atoms with Crippen molar-refractivity contribution in [2.24, 2.45) is 4.99 Å². The number of ether oxygens (including phenoxy) is 3. The van der Waals surface area contributed by atoms with E-state index in [-0.39, 0.29) is 13.0 Å². The molecule has 3 heterocycles. The molecular formula is C22H21BrClN5O5S. The van der Waals surface area contributed by atoms with Crippen molar-refractivity contribution in [2.75, 3.05) is 43.2 Å². The van der Waals surface area contributed by atoms with Gasteiger partial charge in [0.25, 0.3) is 5.91 Å². The fourth-order valence-electron chi connectivity index (χ4n) is 3.74. The zero-order chi connectivity index (χ0) is 24.8. The van der Waals surface area contributed by atoms with Gasteiger partial charge in [-0.25, -0.2) is 4.79 Å². The fraction of sp³-hybridized carbons (Fsp3) is 0.364. The largest absolute Gasteiger partial charge is 0.414 e. The van der Waals surface area contributed by atoms with Crippen molar-refractivity contribution in [3.63, 3.8) is 0 Å². The van der Waals surface area contributed by atoms with E-state index in [1.165, 1.54) is 11.3 Å². The molecule has 2 N–H and O–H groups in total. The van der Waals surface area contributed by atoms with E-state index in [1.807, 2.05) is 11.1 Å². The molecule has 184 valence electrons. The van der Waals surface area contributed by atoms with Crippen molar-refractivity contribution in [3.05, 3.63) is 39.1 Å². The molecule has 1 unspecified atom stereocenters. The van der Waals surface area contributed by atoms with E-state index in [1.54, 1.807) is 30.3 Å². The number of hydrogen-bond acceptors (Lipinski definition) is 8. The number of carbonyl (C=O) groups excluding carboxylic acids is 2. The number of anilines is 2. The summed E-state index contributed by atoms with van der Waals surface area (Å²) in [5.41, 5.74) is -0.199. The Morgan fingerprint density at radius 1 is 1.26 bits per heavy atom. The topological polar surface area (TPSA) is 125 Å². The van der Waals surface area contributed by atoms with E-state index in [2.05, 4.69) is 31.6 Å². The number of rotatable bonds is 5. The van der Waals surface area contributed by atoms with Gasteiger partial charge in [-0.2, -0.15) is 10.3 Å². The lowest BCUT2D eigenvalue weighted by molar-refractivity contribution is -0.122. The Hall–Kier alpha value is -2.69. The Morgan fingerprint density at radius 3 is 2.80 bits per heavy atom. The van der Waals surface area contributed by atoms with Crippen LogP contribution in [0.15, 0.2) is 39.1 Å². The number of nitrogens with zero attached hydrogens (tertiary/aromatic N) is 3. The van der Waals surface area contributed by atoms with Crippen molar-refractivity contribution in [3.8, 4) is 11.3 Å². The van der Waals surface area contributed by atoms with Gasteiger partial charge in [-0.05, 0) is 46.3 Å². The molecule has 4 rings (SSSR count). The maximum atomic E-state index is 13.2. The average Bonchev–Trinajstić information content (AvgIpc) is 3.39. The molecule has 0 saturated carbocycles. The summed E-state index contributed by atoms with van der Waals surface area (Å²) in [6.45, 7) is 1.74. The van der Waals surface area contributed by atoms with Crippen molar-refractivity contribution in [1.29, 1.82) is 5.26 Å². The Morgan fingerprint density at radius 2 is 2.11 bits per heavy atom. The Kier molecular flexibility index (Phi) is 8.25. The Labute approximate surface area is 218 Å². The highest BCUT2D eigenvalue weighted by Crippen LogP contribution is 2.32. The van der Waals surface area contributed by atoms with E-state index in [0.717, 1.165) is 3.79 Å². The molecule has 0 spiro atoms. The highest BCUT2D eigenvalue weighted by molar-refractivity contribution is 9.11. The second-order valence-electron chi connectivity index (χ2n) is 7.72. The second kappa shape index (κ2) is 11.4. The first-order valence-electron chi connectivity index (χ1n) is 10.7. The van der Waals surface area contributed by atoms with Crippen LogP contribution in [-0.2, 0) is 14.3 Å².